The lowest BCUT2D eigenvalue weighted by Gasteiger charge is -2.23. The number of aliphatic carboxylic acids is 1. The normalized spacial score (nSPS) is 25.5. The Balaban J connectivity index is 1.61. The fraction of sp³-hybridized carbons (Fsp3) is 0.733. The minimum Gasteiger partial charge on any atom is -0.481 e. The monoisotopic (exact) mass is 325 g/mol. The molecule has 122 valence electrons. The summed E-state index contributed by atoms with van der Waals surface area (Å²) in [5, 5.41) is 12.7. The van der Waals surface area contributed by atoms with Crippen molar-refractivity contribution >= 4 is 22.4 Å². The number of methoxy groups -OCH3 is 1. The van der Waals surface area contributed by atoms with E-state index in [1.165, 1.54) is 12.8 Å². The van der Waals surface area contributed by atoms with Gasteiger partial charge in [0.25, 0.3) is 0 Å². The molecule has 2 heterocycles. The van der Waals surface area contributed by atoms with Crippen molar-refractivity contribution in [2.45, 2.75) is 31.8 Å². The number of carbonyl (C=O) groups is 1. The highest BCUT2D eigenvalue weighted by Gasteiger charge is 2.45. The number of anilines is 1. The number of thiazole rings is 1. The fourth-order valence-corrected chi connectivity index (χ4v) is 3.96. The SMILES string of the molecule is COCC1(C(=O)O)CCN(Cc2csc(N(C)C3CC3)n2)C1. The predicted molar refractivity (Wildman–Crippen MR) is 85.4 cm³/mol. The van der Waals surface area contributed by atoms with Crippen molar-refractivity contribution in [3.8, 4) is 0 Å². The summed E-state index contributed by atoms with van der Waals surface area (Å²) in [6, 6.07) is 0.659. The van der Waals surface area contributed by atoms with E-state index < -0.39 is 11.4 Å². The molecule has 0 bridgehead atoms. The van der Waals surface area contributed by atoms with E-state index in [0.29, 0.717) is 25.6 Å². The van der Waals surface area contributed by atoms with Gasteiger partial charge in [0.1, 0.15) is 5.41 Å². The first-order valence-corrected chi connectivity index (χ1v) is 8.54. The van der Waals surface area contributed by atoms with E-state index in [1.54, 1.807) is 18.4 Å². The molecule has 0 aromatic carbocycles. The van der Waals surface area contributed by atoms with Crippen molar-refractivity contribution in [2.75, 3.05) is 38.8 Å². The van der Waals surface area contributed by atoms with Crippen LogP contribution in [0.15, 0.2) is 5.38 Å². The van der Waals surface area contributed by atoms with E-state index in [9.17, 15) is 9.90 Å². The summed E-state index contributed by atoms with van der Waals surface area (Å²) < 4.78 is 5.13. The third-order valence-electron chi connectivity index (χ3n) is 4.63. The van der Waals surface area contributed by atoms with Crippen molar-refractivity contribution in [3.63, 3.8) is 0 Å². The van der Waals surface area contributed by atoms with Crippen LogP contribution in [0, 0.1) is 5.41 Å². The third kappa shape index (κ3) is 3.11. The highest BCUT2D eigenvalue weighted by atomic mass is 32.1. The number of rotatable bonds is 7. The second kappa shape index (κ2) is 6.14. The van der Waals surface area contributed by atoms with Gasteiger partial charge in [0, 0.05) is 38.7 Å². The molecule has 1 aromatic heterocycles. The largest absolute Gasteiger partial charge is 0.481 e. The summed E-state index contributed by atoms with van der Waals surface area (Å²) in [5.74, 6) is -0.760. The third-order valence-corrected chi connectivity index (χ3v) is 5.61. The van der Waals surface area contributed by atoms with E-state index >= 15 is 0 Å². The molecule has 2 aliphatic rings. The van der Waals surface area contributed by atoms with Crippen LogP contribution < -0.4 is 4.90 Å². The van der Waals surface area contributed by atoms with Gasteiger partial charge in [-0.2, -0.15) is 0 Å². The molecule has 3 rings (SSSR count). The van der Waals surface area contributed by atoms with Crippen molar-refractivity contribution in [1.82, 2.24) is 9.88 Å². The summed E-state index contributed by atoms with van der Waals surface area (Å²) in [6.45, 7) is 2.29. The molecule has 1 N–H and O–H groups in total. The van der Waals surface area contributed by atoms with Crippen molar-refractivity contribution in [1.29, 1.82) is 0 Å². The van der Waals surface area contributed by atoms with Gasteiger partial charge in [-0.25, -0.2) is 4.98 Å². The number of hydrogen-bond donors (Lipinski definition) is 1. The van der Waals surface area contributed by atoms with Gasteiger partial charge < -0.3 is 14.7 Å². The number of likely N-dealkylation sites (tertiary alicyclic amines) is 1. The zero-order valence-corrected chi connectivity index (χ0v) is 13.9. The molecule has 2 fully saturated rings. The fourth-order valence-electron chi connectivity index (χ4n) is 3.10. The molecular formula is C15H23N3O3S. The average molecular weight is 325 g/mol. The molecule has 1 saturated heterocycles. The first-order valence-electron chi connectivity index (χ1n) is 7.66. The van der Waals surface area contributed by atoms with E-state index in [2.05, 4.69) is 22.2 Å². The lowest BCUT2D eigenvalue weighted by atomic mass is 9.88. The van der Waals surface area contributed by atoms with Crippen LogP contribution in [0.4, 0.5) is 5.13 Å². The lowest BCUT2D eigenvalue weighted by molar-refractivity contribution is -0.151. The van der Waals surface area contributed by atoms with Crippen molar-refractivity contribution in [3.05, 3.63) is 11.1 Å². The maximum Gasteiger partial charge on any atom is 0.313 e. The van der Waals surface area contributed by atoms with Gasteiger partial charge >= 0.3 is 5.97 Å². The molecule has 1 unspecified atom stereocenters. The first-order chi connectivity index (χ1) is 10.5. The zero-order chi connectivity index (χ0) is 15.7. The second-order valence-corrected chi connectivity index (χ2v) is 7.28. The van der Waals surface area contributed by atoms with Crippen LogP contribution in [0.3, 0.4) is 0 Å². The lowest BCUT2D eigenvalue weighted by Crippen LogP contribution is -2.38. The summed E-state index contributed by atoms with van der Waals surface area (Å²) in [5.41, 5.74) is 0.268. The first kappa shape index (κ1) is 15.7. The number of carboxylic acid groups (broad SMARTS) is 1. The van der Waals surface area contributed by atoms with Crippen LogP contribution in [-0.4, -0.2) is 60.9 Å². The van der Waals surface area contributed by atoms with E-state index in [1.807, 2.05) is 0 Å². The van der Waals surface area contributed by atoms with Crippen LogP contribution in [0.2, 0.25) is 0 Å². The molecule has 1 aliphatic carbocycles. The Morgan fingerprint density at radius 1 is 1.64 bits per heavy atom. The molecule has 1 aliphatic heterocycles. The molecule has 1 saturated carbocycles. The number of ether oxygens (including phenoxy) is 1. The number of nitrogens with zero attached hydrogens (tertiary/aromatic N) is 3. The summed E-state index contributed by atoms with van der Waals surface area (Å²) in [4.78, 5) is 20.7. The van der Waals surface area contributed by atoms with Gasteiger partial charge in [0.05, 0.1) is 12.3 Å². The smallest absolute Gasteiger partial charge is 0.313 e. The molecule has 7 heteroatoms. The van der Waals surface area contributed by atoms with E-state index in [-0.39, 0.29) is 6.61 Å². The van der Waals surface area contributed by atoms with Crippen molar-refractivity contribution in [2.24, 2.45) is 5.41 Å². The van der Waals surface area contributed by atoms with Gasteiger partial charge in [-0.15, -0.1) is 11.3 Å². The predicted octanol–water partition coefficient (Wildman–Crippen LogP) is 1.66. The van der Waals surface area contributed by atoms with Gasteiger partial charge in [0.15, 0.2) is 5.13 Å². The Hall–Kier alpha value is -1.18. The molecule has 1 aromatic rings. The van der Waals surface area contributed by atoms with Gasteiger partial charge in [-0.3, -0.25) is 9.69 Å². The molecular weight excluding hydrogens is 302 g/mol. The van der Waals surface area contributed by atoms with Gasteiger partial charge in [-0.1, -0.05) is 0 Å². The van der Waals surface area contributed by atoms with Crippen molar-refractivity contribution < 1.29 is 14.6 Å². The summed E-state index contributed by atoms with van der Waals surface area (Å²) in [7, 11) is 3.66. The number of hydrogen-bond acceptors (Lipinski definition) is 6. The van der Waals surface area contributed by atoms with Gasteiger partial charge in [-0.05, 0) is 25.8 Å². The molecule has 22 heavy (non-hydrogen) atoms. The van der Waals surface area contributed by atoms with Crippen LogP contribution in [-0.2, 0) is 16.1 Å². The Morgan fingerprint density at radius 3 is 3.05 bits per heavy atom. The number of aromatic nitrogens is 1. The second-order valence-electron chi connectivity index (χ2n) is 6.44. The Kier molecular flexibility index (Phi) is 4.38. The topological polar surface area (TPSA) is 65.9 Å². The molecule has 0 amide bonds. The highest BCUT2D eigenvalue weighted by Crippen LogP contribution is 2.34. The summed E-state index contributed by atoms with van der Waals surface area (Å²) >= 11 is 1.67. The van der Waals surface area contributed by atoms with Crippen LogP contribution in [0.25, 0.3) is 0 Å². The maximum absolute atomic E-state index is 11.6. The molecule has 0 radical (unpaired) electrons. The highest BCUT2D eigenvalue weighted by molar-refractivity contribution is 7.13. The maximum atomic E-state index is 11.6. The minimum atomic E-state index is -0.765. The number of carboxylic acids is 1. The van der Waals surface area contributed by atoms with E-state index in [0.717, 1.165) is 17.4 Å². The van der Waals surface area contributed by atoms with Crippen LogP contribution in [0.1, 0.15) is 25.0 Å². The van der Waals surface area contributed by atoms with Crippen LogP contribution in [0.5, 0.6) is 0 Å². The quantitative estimate of drug-likeness (QED) is 0.822. The standard InChI is InChI=1S/C15H23N3O3S/c1-17(12-3-4-12)14-16-11(8-22-14)7-18-6-5-15(9-18,10-21-2)13(19)20/h8,12H,3-7,9-10H2,1-2H3,(H,19,20). The Bertz CT molecular complexity index is 546. The average Bonchev–Trinajstić information content (AvgIpc) is 3.10. The Morgan fingerprint density at radius 2 is 2.41 bits per heavy atom. The minimum absolute atomic E-state index is 0.269. The molecule has 1 atom stereocenters. The zero-order valence-electron chi connectivity index (χ0n) is 13.1. The summed E-state index contributed by atoms with van der Waals surface area (Å²) in [6.07, 6.45) is 3.15. The van der Waals surface area contributed by atoms with Crippen LogP contribution >= 0.6 is 11.3 Å². The Labute approximate surface area is 134 Å². The molecule has 6 nitrogen and oxygen atoms in total. The van der Waals surface area contributed by atoms with E-state index in [4.69, 9.17) is 9.72 Å². The van der Waals surface area contributed by atoms with Gasteiger partial charge in [0.2, 0.25) is 0 Å². The molecule has 0 spiro atoms.